The summed E-state index contributed by atoms with van der Waals surface area (Å²) in [4.78, 5) is 0.211. The molecule has 0 fully saturated rings. The number of ether oxygens (including phenoxy) is 1. The molecule has 0 aliphatic heterocycles. The molecular weight excluding hydrogens is 408 g/mol. The van der Waals surface area contributed by atoms with Crippen LogP contribution in [0.1, 0.15) is 13.3 Å². The number of aromatic nitrogens is 3. The predicted molar refractivity (Wildman–Crippen MR) is 115 cm³/mol. The second-order valence-electron chi connectivity index (χ2n) is 6.51. The molecule has 0 N–H and O–H groups in total. The summed E-state index contributed by atoms with van der Waals surface area (Å²) < 4.78 is 33.6. The summed E-state index contributed by atoms with van der Waals surface area (Å²) in [7, 11) is 1.10. The summed E-state index contributed by atoms with van der Waals surface area (Å²) >= 11 is 1.61. The summed E-state index contributed by atoms with van der Waals surface area (Å²) in [5.74, 6) is 2.20. The first-order chi connectivity index (χ1) is 13.9. The van der Waals surface area contributed by atoms with Crippen LogP contribution in [0.15, 0.2) is 58.6 Å². The Balaban J connectivity index is 2.17. The lowest BCUT2D eigenvalue weighted by Crippen LogP contribution is -2.22. The largest absolute Gasteiger partial charge is 0.497 e. The van der Waals surface area contributed by atoms with Crippen LogP contribution < -0.4 is 4.74 Å². The van der Waals surface area contributed by atoms with Crippen LogP contribution in [0.5, 0.6) is 5.75 Å². The quantitative estimate of drug-likeness (QED) is 0.505. The van der Waals surface area contributed by atoms with Crippen molar-refractivity contribution in [1.82, 2.24) is 19.1 Å². The van der Waals surface area contributed by atoms with Crippen LogP contribution in [0, 0.1) is 0 Å². The number of nitrogens with zero attached hydrogens (tertiary/aromatic N) is 4. The molecule has 7 nitrogen and oxygen atoms in total. The molecule has 0 aliphatic rings. The van der Waals surface area contributed by atoms with Crippen LogP contribution in [-0.2, 0) is 10.0 Å². The maximum atomic E-state index is 12.6. The molecule has 0 unspecified atom stereocenters. The lowest BCUT2D eigenvalue weighted by molar-refractivity contribution is 0.414. The fraction of sp³-hybridized carbons (Fsp3) is 0.300. The fourth-order valence-electron chi connectivity index (χ4n) is 2.73. The summed E-state index contributed by atoms with van der Waals surface area (Å²) in [6, 6.07) is 14.4. The number of rotatable bonds is 8. The maximum Gasteiger partial charge on any atom is 0.242 e. The molecule has 0 amide bonds. The monoisotopic (exact) mass is 432 g/mol. The molecule has 0 spiro atoms. The van der Waals surface area contributed by atoms with E-state index in [1.54, 1.807) is 37.1 Å². The second kappa shape index (κ2) is 8.98. The highest BCUT2D eigenvalue weighted by Gasteiger charge is 2.21. The Hall–Kier alpha value is -2.36. The molecule has 0 saturated carbocycles. The Bertz CT molecular complexity index is 1090. The number of thioether (sulfide) groups is 1. The maximum absolute atomic E-state index is 12.6. The number of hydrogen-bond acceptors (Lipinski definition) is 6. The van der Waals surface area contributed by atoms with Gasteiger partial charge >= 0.3 is 0 Å². The van der Waals surface area contributed by atoms with Crippen molar-refractivity contribution < 1.29 is 13.2 Å². The van der Waals surface area contributed by atoms with E-state index in [4.69, 9.17) is 4.74 Å². The molecule has 3 rings (SSSR count). The topological polar surface area (TPSA) is 77.3 Å². The van der Waals surface area contributed by atoms with Crippen LogP contribution >= 0.6 is 11.8 Å². The molecule has 2 aromatic carbocycles. The zero-order valence-electron chi connectivity index (χ0n) is 16.9. The molecule has 0 bridgehead atoms. The van der Waals surface area contributed by atoms with Crippen molar-refractivity contribution in [2.24, 2.45) is 0 Å². The van der Waals surface area contributed by atoms with E-state index in [0.29, 0.717) is 11.4 Å². The van der Waals surface area contributed by atoms with Crippen molar-refractivity contribution >= 4 is 21.8 Å². The molecule has 3 aromatic rings. The Morgan fingerprint density at radius 2 is 1.86 bits per heavy atom. The zero-order chi connectivity index (χ0) is 21.0. The van der Waals surface area contributed by atoms with Crippen molar-refractivity contribution in [1.29, 1.82) is 0 Å². The van der Waals surface area contributed by atoms with Crippen LogP contribution in [0.2, 0.25) is 0 Å². The van der Waals surface area contributed by atoms with Gasteiger partial charge in [0.15, 0.2) is 11.0 Å². The molecule has 0 radical (unpaired) electrons. The van der Waals surface area contributed by atoms with Crippen molar-refractivity contribution in [2.45, 2.75) is 23.4 Å². The van der Waals surface area contributed by atoms with E-state index in [2.05, 4.69) is 17.1 Å². The lowest BCUT2D eigenvalue weighted by Gasteiger charge is -2.14. The Labute approximate surface area is 175 Å². The molecule has 1 aromatic heterocycles. The van der Waals surface area contributed by atoms with Gasteiger partial charge in [0.25, 0.3) is 0 Å². The lowest BCUT2D eigenvalue weighted by atomic mass is 10.2. The first-order valence-corrected chi connectivity index (χ1v) is 11.6. The number of hydrogen-bond donors (Lipinski definition) is 0. The minimum absolute atomic E-state index is 0.211. The van der Waals surface area contributed by atoms with Gasteiger partial charge < -0.3 is 4.74 Å². The van der Waals surface area contributed by atoms with Gasteiger partial charge in [0.1, 0.15) is 5.75 Å². The molecule has 29 heavy (non-hydrogen) atoms. The minimum Gasteiger partial charge on any atom is -0.497 e. The van der Waals surface area contributed by atoms with Crippen molar-refractivity contribution in [3.8, 4) is 22.8 Å². The SMILES string of the molecule is CCCSc1nnc(-c2cccc(S(=O)(=O)N(C)C)c2)n1-c1cccc(OC)c1. The van der Waals surface area contributed by atoms with Crippen molar-refractivity contribution in [2.75, 3.05) is 27.0 Å². The number of sulfonamides is 1. The van der Waals surface area contributed by atoms with Crippen LogP contribution in [-0.4, -0.2) is 54.4 Å². The van der Waals surface area contributed by atoms with Crippen LogP contribution in [0.4, 0.5) is 0 Å². The molecule has 154 valence electrons. The third-order valence-corrected chi connectivity index (χ3v) is 7.20. The van der Waals surface area contributed by atoms with Crippen molar-refractivity contribution in [3.63, 3.8) is 0 Å². The van der Waals surface area contributed by atoms with Gasteiger partial charge in [0, 0.05) is 31.5 Å². The van der Waals surface area contributed by atoms with E-state index in [0.717, 1.165) is 28.8 Å². The standard InChI is InChI=1S/C20H24N4O3S2/c1-5-12-28-20-22-21-19(24(20)16-9-7-10-17(14-16)27-4)15-8-6-11-18(13-15)29(25,26)23(2)3/h6-11,13-14H,5,12H2,1-4H3. The van der Waals surface area contributed by atoms with E-state index in [-0.39, 0.29) is 4.90 Å². The first kappa shape index (κ1) is 21.4. The average Bonchev–Trinajstić information content (AvgIpc) is 3.16. The minimum atomic E-state index is -3.55. The van der Waals surface area contributed by atoms with E-state index < -0.39 is 10.0 Å². The van der Waals surface area contributed by atoms with Gasteiger partial charge in [-0.25, -0.2) is 12.7 Å². The van der Waals surface area contributed by atoms with Gasteiger partial charge in [-0.2, -0.15) is 0 Å². The Kier molecular flexibility index (Phi) is 6.61. The first-order valence-electron chi connectivity index (χ1n) is 9.14. The summed E-state index contributed by atoms with van der Waals surface area (Å²) in [6.45, 7) is 2.11. The van der Waals surface area contributed by atoms with E-state index in [9.17, 15) is 8.42 Å². The molecular formula is C20H24N4O3S2. The highest BCUT2D eigenvalue weighted by atomic mass is 32.2. The predicted octanol–water partition coefficient (Wildman–Crippen LogP) is 3.70. The number of methoxy groups -OCH3 is 1. The molecule has 0 atom stereocenters. The normalized spacial score (nSPS) is 11.8. The molecule has 0 aliphatic carbocycles. The molecule has 0 saturated heterocycles. The number of benzene rings is 2. The molecule has 1 heterocycles. The van der Waals surface area contributed by atoms with Crippen molar-refractivity contribution in [3.05, 3.63) is 48.5 Å². The van der Waals surface area contributed by atoms with Crippen LogP contribution in [0.25, 0.3) is 17.1 Å². The smallest absolute Gasteiger partial charge is 0.242 e. The van der Waals surface area contributed by atoms with Gasteiger partial charge in [0.05, 0.1) is 17.7 Å². The Morgan fingerprint density at radius 1 is 1.10 bits per heavy atom. The summed E-state index contributed by atoms with van der Waals surface area (Å²) in [5.41, 5.74) is 1.52. The summed E-state index contributed by atoms with van der Waals surface area (Å²) in [5, 5.41) is 9.49. The van der Waals surface area contributed by atoms with Gasteiger partial charge in [-0.05, 0) is 30.7 Å². The third-order valence-electron chi connectivity index (χ3n) is 4.25. The van der Waals surface area contributed by atoms with E-state index in [1.807, 2.05) is 34.9 Å². The van der Waals surface area contributed by atoms with Crippen LogP contribution in [0.3, 0.4) is 0 Å². The third kappa shape index (κ3) is 4.47. The Morgan fingerprint density at radius 3 is 2.55 bits per heavy atom. The highest BCUT2D eigenvalue weighted by Crippen LogP contribution is 2.31. The fourth-order valence-corrected chi connectivity index (χ4v) is 4.49. The van der Waals surface area contributed by atoms with E-state index in [1.165, 1.54) is 18.4 Å². The summed E-state index contributed by atoms with van der Waals surface area (Å²) in [6.07, 6.45) is 1.00. The van der Waals surface area contributed by atoms with Gasteiger partial charge in [0.2, 0.25) is 10.0 Å². The highest BCUT2D eigenvalue weighted by molar-refractivity contribution is 7.99. The zero-order valence-corrected chi connectivity index (χ0v) is 18.5. The van der Waals surface area contributed by atoms with E-state index >= 15 is 0 Å². The van der Waals surface area contributed by atoms with Gasteiger partial charge in [-0.3, -0.25) is 4.57 Å². The van der Waals surface area contributed by atoms with Gasteiger partial charge in [-0.1, -0.05) is 36.9 Å². The average molecular weight is 433 g/mol. The van der Waals surface area contributed by atoms with Gasteiger partial charge in [-0.15, -0.1) is 10.2 Å². The second-order valence-corrected chi connectivity index (χ2v) is 9.72. The molecule has 9 heteroatoms.